The van der Waals surface area contributed by atoms with Crippen molar-refractivity contribution in [2.24, 2.45) is 0 Å². The van der Waals surface area contributed by atoms with Crippen molar-refractivity contribution in [1.82, 2.24) is 15.3 Å². The predicted octanol–water partition coefficient (Wildman–Crippen LogP) is 3.07. The van der Waals surface area contributed by atoms with Crippen LogP contribution < -0.4 is 10.2 Å². The van der Waals surface area contributed by atoms with Crippen LogP contribution in [0.1, 0.15) is 12.8 Å². The molecule has 0 spiro atoms. The van der Waals surface area contributed by atoms with Crippen molar-refractivity contribution in [3.8, 4) is 10.7 Å². The molecule has 0 bridgehead atoms. The number of carbonyl (C=O) groups excluding carboxylic acids is 1. The number of fused-ring (bicyclic) bond motifs is 1. The zero-order valence-corrected chi connectivity index (χ0v) is 14.2. The molecule has 2 heterocycles. The standard InChI is InChI=1S/C18H18N4OS/c1-22(11-16(23)19-12-8-9-12)18-13-5-2-3-6-14(13)20-17(21-18)15-7-4-10-24-15/h2-7,10,12H,8-9,11H2,1H3,(H,19,23). The molecule has 1 aliphatic carbocycles. The number of para-hydroxylation sites is 1. The molecule has 1 saturated carbocycles. The van der Waals surface area contributed by atoms with Gasteiger partial charge in [-0.1, -0.05) is 18.2 Å². The Morgan fingerprint density at radius 3 is 2.83 bits per heavy atom. The molecule has 1 N–H and O–H groups in total. The summed E-state index contributed by atoms with van der Waals surface area (Å²) >= 11 is 1.61. The number of hydrogen-bond donors (Lipinski definition) is 1. The van der Waals surface area contributed by atoms with Crippen molar-refractivity contribution in [1.29, 1.82) is 0 Å². The number of likely N-dealkylation sites (N-methyl/N-ethyl adjacent to an activating group) is 1. The molecule has 0 radical (unpaired) electrons. The zero-order valence-electron chi connectivity index (χ0n) is 13.4. The molecular weight excluding hydrogens is 320 g/mol. The van der Waals surface area contributed by atoms with E-state index >= 15 is 0 Å². The second-order valence-corrected chi connectivity index (χ2v) is 7.01. The number of hydrogen-bond acceptors (Lipinski definition) is 5. The van der Waals surface area contributed by atoms with Crippen molar-refractivity contribution in [2.45, 2.75) is 18.9 Å². The van der Waals surface area contributed by atoms with Crippen LogP contribution in [0.3, 0.4) is 0 Å². The number of anilines is 1. The van der Waals surface area contributed by atoms with Crippen molar-refractivity contribution >= 4 is 34.0 Å². The van der Waals surface area contributed by atoms with E-state index in [0.29, 0.717) is 18.4 Å². The molecule has 0 unspecified atom stereocenters. The van der Waals surface area contributed by atoms with Crippen LogP contribution in [0, 0.1) is 0 Å². The van der Waals surface area contributed by atoms with E-state index < -0.39 is 0 Å². The Morgan fingerprint density at radius 2 is 2.08 bits per heavy atom. The number of rotatable bonds is 5. The highest BCUT2D eigenvalue weighted by Gasteiger charge is 2.24. The first-order valence-corrected chi connectivity index (χ1v) is 8.90. The van der Waals surface area contributed by atoms with E-state index in [-0.39, 0.29) is 5.91 Å². The van der Waals surface area contributed by atoms with E-state index in [4.69, 9.17) is 4.98 Å². The number of thiophene rings is 1. The number of carbonyl (C=O) groups is 1. The van der Waals surface area contributed by atoms with Gasteiger partial charge in [0.25, 0.3) is 0 Å². The van der Waals surface area contributed by atoms with Crippen molar-refractivity contribution in [3.63, 3.8) is 0 Å². The first-order valence-electron chi connectivity index (χ1n) is 8.02. The number of aromatic nitrogens is 2. The summed E-state index contributed by atoms with van der Waals surface area (Å²) in [6.45, 7) is 0.293. The van der Waals surface area contributed by atoms with Crippen LogP contribution in [0.4, 0.5) is 5.82 Å². The molecule has 6 heteroatoms. The third-order valence-corrected chi connectivity index (χ3v) is 4.88. The average Bonchev–Trinajstić information content (AvgIpc) is 3.22. The van der Waals surface area contributed by atoms with Gasteiger partial charge in [0.15, 0.2) is 5.82 Å². The van der Waals surface area contributed by atoms with Crippen LogP contribution in [0.5, 0.6) is 0 Å². The predicted molar refractivity (Wildman–Crippen MR) is 97.3 cm³/mol. The largest absolute Gasteiger partial charge is 0.352 e. The second kappa shape index (κ2) is 6.20. The zero-order chi connectivity index (χ0) is 16.5. The summed E-state index contributed by atoms with van der Waals surface area (Å²) in [5.41, 5.74) is 0.889. The van der Waals surface area contributed by atoms with E-state index in [0.717, 1.165) is 34.4 Å². The number of benzene rings is 1. The fourth-order valence-corrected chi connectivity index (χ4v) is 3.32. The van der Waals surface area contributed by atoms with Gasteiger partial charge in [0.05, 0.1) is 16.9 Å². The third kappa shape index (κ3) is 3.10. The monoisotopic (exact) mass is 338 g/mol. The minimum atomic E-state index is 0.0420. The van der Waals surface area contributed by atoms with E-state index in [1.54, 1.807) is 11.3 Å². The summed E-state index contributed by atoms with van der Waals surface area (Å²) in [5.74, 6) is 1.53. The normalized spacial score (nSPS) is 13.9. The molecule has 5 nitrogen and oxygen atoms in total. The molecule has 1 aliphatic rings. The minimum absolute atomic E-state index is 0.0420. The molecule has 122 valence electrons. The summed E-state index contributed by atoms with van der Waals surface area (Å²) in [5, 5.41) is 5.99. The maximum absolute atomic E-state index is 12.1. The topological polar surface area (TPSA) is 58.1 Å². The van der Waals surface area contributed by atoms with Gasteiger partial charge in [0.1, 0.15) is 5.82 Å². The van der Waals surface area contributed by atoms with E-state index in [1.165, 1.54) is 0 Å². The highest BCUT2D eigenvalue weighted by atomic mass is 32.1. The molecule has 0 saturated heterocycles. The fraction of sp³-hybridized carbons (Fsp3) is 0.278. The van der Waals surface area contributed by atoms with Gasteiger partial charge in [-0.2, -0.15) is 0 Å². The Balaban J connectivity index is 1.70. The Hall–Kier alpha value is -2.47. The Morgan fingerprint density at radius 1 is 1.25 bits per heavy atom. The van der Waals surface area contributed by atoms with E-state index in [2.05, 4.69) is 10.3 Å². The highest BCUT2D eigenvalue weighted by Crippen LogP contribution is 2.29. The smallest absolute Gasteiger partial charge is 0.239 e. The van der Waals surface area contributed by atoms with Gasteiger partial charge in [-0.3, -0.25) is 4.79 Å². The first-order chi connectivity index (χ1) is 11.7. The van der Waals surface area contributed by atoms with Crippen molar-refractivity contribution in [2.75, 3.05) is 18.5 Å². The SMILES string of the molecule is CN(CC(=O)NC1CC1)c1nc(-c2cccs2)nc2ccccc12. The molecule has 1 fully saturated rings. The second-order valence-electron chi connectivity index (χ2n) is 6.06. The van der Waals surface area contributed by atoms with E-state index in [9.17, 15) is 4.79 Å². The quantitative estimate of drug-likeness (QED) is 0.777. The molecule has 0 atom stereocenters. The summed E-state index contributed by atoms with van der Waals surface area (Å²) in [7, 11) is 1.90. The Labute approximate surface area is 144 Å². The van der Waals surface area contributed by atoms with Crippen molar-refractivity contribution < 1.29 is 4.79 Å². The molecular formula is C18H18N4OS. The number of nitrogens with zero attached hydrogens (tertiary/aromatic N) is 3. The summed E-state index contributed by atoms with van der Waals surface area (Å²) < 4.78 is 0. The lowest BCUT2D eigenvalue weighted by Crippen LogP contribution is -2.36. The van der Waals surface area contributed by atoms with Gasteiger partial charge in [-0.05, 0) is 36.4 Å². The lowest BCUT2D eigenvalue weighted by Gasteiger charge is -2.20. The third-order valence-electron chi connectivity index (χ3n) is 4.01. The van der Waals surface area contributed by atoms with Gasteiger partial charge in [-0.25, -0.2) is 9.97 Å². The fourth-order valence-electron chi connectivity index (χ4n) is 2.66. The van der Waals surface area contributed by atoms with Gasteiger partial charge < -0.3 is 10.2 Å². The molecule has 24 heavy (non-hydrogen) atoms. The molecule has 0 aliphatic heterocycles. The van der Waals surface area contributed by atoms with Gasteiger partial charge in [-0.15, -0.1) is 11.3 Å². The lowest BCUT2D eigenvalue weighted by molar-refractivity contribution is -0.119. The number of amides is 1. The maximum Gasteiger partial charge on any atom is 0.239 e. The Bertz CT molecular complexity index is 874. The summed E-state index contributed by atoms with van der Waals surface area (Å²) in [4.78, 5) is 24.5. The van der Waals surface area contributed by atoms with Crippen LogP contribution in [0.15, 0.2) is 41.8 Å². The van der Waals surface area contributed by atoms with Crippen LogP contribution in [-0.4, -0.2) is 35.5 Å². The Kier molecular flexibility index (Phi) is 3.90. The molecule has 1 amide bonds. The summed E-state index contributed by atoms with van der Waals surface area (Å²) in [6, 6.07) is 12.3. The lowest BCUT2D eigenvalue weighted by atomic mass is 10.2. The highest BCUT2D eigenvalue weighted by molar-refractivity contribution is 7.13. The van der Waals surface area contributed by atoms with Gasteiger partial charge in [0.2, 0.25) is 5.91 Å². The van der Waals surface area contributed by atoms with Crippen LogP contribution in [0.2, 0.25) is 0 Å². The first kappa shape index (κ1) is 15.1. The van der Waals surface area contributed by atoms with Gasteiger partial charge in [0, 0.05) is 18.5 Å². The minimum Gasteiger partial charge on any atom is -0.352 e. The van der Waals surface area contributed by atoms with Crippen molar-refractivity contribution in [3.05, 3.63) is 41.8 Å². The van der Waals surface area contributed by atoms with Crippen LogP contribution in [0.25, 0.3) is 21.6 Å². The van der Waals surface area contributed by atoms with Crippen LogP contribution in [-0.2, 0) is 4.79 Å². The molecule has 1 aromatic carbocycles. The molecule has 3 aromatic rings. The van der Waals surface area contributed by atoms with Gasteiger partial charge >= 0.3 is 0 Å². The average molecular weight is 338 g/mol. The van der Waals surface area contributed by atoms with Crippen LogP contribution >= 0.6 is 11.3 Å². The maximum atomic E-state index is 12.1. The molecule has 4 rings (SSSR count). The van der Waals surface area contributed by atoms with E-state index in [1.807, 2.05) is 53.7 Å². The number of nitrogens with one attached hydrogen (secondary N) is 1. The molecule has 2 aromatic heterocycles. The summed E-state index contributed by atoms with van der Waals surface area (Å²) in [6.07, 6.45) is 2.18.